The van der Waals surface area contributed by atoms with Crippen molar-refractivity contribution in [3.63, 3.8) is 0 Å². The number of hydrogen-bond donors (Lipinski definition) is 2. The zero-order valence-electron chi connectivity index (χ0n) is 21.6. The van der Waals surface area contributed by atoms with Gasteiger partial charge in [0.15, 0.2) is 0 Å². The van der Waals surface area contributed by atoms with Gasteiger partial charge >= 0.3 is 5.97 Å². The Kier molecular flexibility index (Phi) is 6.07. The van der Waals surface area contributed by atoms with E-state index >= 15 is 0 Å². The van der Waals surface area contributed by atoms with Crippen LogP contribution < -0.4 is 15.8 Å². The lowest BCUT2D eigenvalue weighted by atomic mass is 10.0. The lowest BCUT2D eigenvalue weighted by Gasteiger charge is -2.24. The van der Waals surface area contributed by atoms with E-state index in [0.717, 1.165) is 11.1 Å². The van der Waals surface area contributed by atoms with Gasteiger partial charge in [-0.2, -0.15) is 0 Å². The van der Waals surface area contributed by atoms with E-state index in [4.69, 9.17) is 4.98 Å². The van der Waals surface area contributed by atoms with E-state index in [-0.39, 0.29) is 17.2 Å². The first-order valence-electron chi connectivity index (χ1n) is 12.8. The second-order valence-electron chi connectivity index (χ2n) is 9.86. The van der Waals surface area contributed by atoms with Gasteiger partial charge in [0, 0.05) is 30.5 Å². The van der Waals surface area contributed by atoms with Crippen LogP contribution in [0.5, 0.6) is 0 Å². The number of hydrogen-bond acceptors (Lipinski definition) is 6. The number of carboxylic acids is 1. The van der Waals surface area contributed by atoms with Crippen LogP contribution in [-0.4, -0.2) is 25.6 Å². The molecule has 1 aliphatic rings. The van der Waals surface area contributed by atoms with Crippen molar-refractivity contribution in [1.82, 2.24) is 14.5 Å². The average Bonchev–Trinajstić information content (AvgIpc) is 3.38. The first kappa shape index (κ1) is 24.4. The third-order valence-electron chi connectivity index (χ3n) is 7.15. The molecule has 0 fully saturated rings. The third kappa shape index (κ3) is 4.40. The highest BCUT2D eigenvalue weighted by molar-refractivity contribution is 5.94. The van der Waals surface area contributed by atoms with Crippen molar-refractivity contribution in [3.8, 4) is 5.69 Å². The highest BCUT2D eigenvalue weighted by Gasteiger charge is 2.26. The van der Waals surface area contributed by atoms with Gasteiger partial charge < -0.3 is 15.3 Å². The van der Waals surface area contributed by atoms with Crippen molar-refractivity contribution in [2.24, 2.45) is 0 Å². The molecule has 0 amide bonds. The molecule has 2 aromatic heterocycles. The summed E-state index contributed by atoms with van der Waals surface area (Å²) in [5.41, 5.74) is 5.88. The first-order chi connectivity index (χ1) is 18.9. The van der Waals surface area contributed by atoms with Crippen molar-refractivity contribution < 1.29 is 9.90 Å². The highest BCUT2D eigenvalue weighted by atomic mass is 16.4. The molecule has 5 aromatic rings. The summed E-state index contributed by atoms with van der Waals surface area (Å²) in [5, 5.41) is 13.5. The molecule has 0 radical (unpaired) electrons. The van der Waals surface area contributed by atoms with Gasteiger partial charge in [-0.25, -0.2) is 14.3 Å². The number of pyridine rings is 1. The molecule has 0 bridgehead atoms. The number of fused-ring (bicyclic) bond motifs is 2. The van der Waals surface area contributed by atoms with Crippen LogP contribution in [0.1, 0.15) is 45.6 Å². The van der Waals surface area contributed by atoms with Crippen LogP contribution in [0.3, 0.4) is 0 Å². The van der Waals surface area contributed by atoms with Gasteiger partial charge in [-0.3, -0.25) is 9.78 Å². The number of aromatic carboxylic acids is 1. The zero-order valence-corrected chi connectivity index (χ0v) is 21.6. The fourth-order valence-corrected chi connectivity index (χ4v) is 5.30. The first-order valence-corrected chi connectivity index (χ1v) is 12.8. The Labute approximate surface area is 225 Å². The van der Waals surface area contributed by atoms with Crippen LogP contribution >= 0.6 is 0 Å². The summed E-state index contributed by atoms with van der Waals surface area (Å²) in [6.07, 6.45) is 3.35. The van der Waals surface area contributed by atoms with Crippen LogP contribution in [0, 0.1) is 6.92 Å². The lowest BCUT2D eigenvalue weighted by Crippen LogP contribution is -2.29. The predicted molar refractivity (Wildman–Crippen MR) is 152 cm³/mol. The number of para-hydroxylation sites is 1. The van der Waals surface area contributed by atoms with E-state index in [2.05, 4.69) is 27.3 Å². The molecule has 6 rings (SSSR count). The summed E-state index contributed by atoms with van der Waals surface area (Å²) < 4.78 is 1.64. The molecule has 39 heavy (non-hydrogen) atoms. The summed E-state index contributed by atoms with van der Waals surface area (Å²) in [7, 11) is 0. The third-order valence-corrected chi connectivity index (χ3v) is 7.15. The Balaban J connectivity index is 1.54. The average molecular weight is 518 g/mol. The fraction of sp³-hybridized carbons (Fsp3) is 0.161. The number of nitrogens with one attached hydrogen (secondary N) is 1. The number of carboxylic acid groups (broad SMARTS) is 1. The molecule has 0 aliphatic carbocycles. The summed E-state index contributed by atoms with van der Waals surface area (Å²) in [6, 6.07) is 22.3. The highest BCUT2D eigenvalue weighted by Crippen LogP contribution is 2.32. The second-order valence-corrected chi connectivity index (χ2v) is 9.86. The topological polar surface area (TPSA) is 100 Å². The number of benzene rings is 3. The number of anilines is 2. The lowest BCUT2D eigenvalue weighted by molar-refractivity contribution is 0.0698. The van der Waals surface area contributed by atoms with Crippen LogP contribution in [-0.2, 0) is 13.1 Å². The van der Waals surface area contributed by atoms with Gasteiger partial charge in [0.1, 0.15) is 0 Å². The molecular weight excluding hydrogens is 490 g/mol. The molecule has 0 saturated heterocycles. The molecule has 3 aromatic carbocycles. The zero-order chi connectivity index (χ0) is 27.1. The van der Waals surface area contributed by atoms with Crippen LogP contribution in [0.15, 0.2) is 90.0 Å². The molecule has 1 unspecified atom stereocenters. The summed E-state index contributed by atoms with van der Waals surface area (Å²) in [4.78, 5) is 37.5. The molecule has 1 aliphatic heterocycles. The van der Waals surface area contributed by atoms with Crippen molar-refractivity contribution in [2.75, 3.05) is 10.2 Å². The molecule has 2 N–H and O–H groups in total. The van der Waals surface area contributed by atoms with Crippen molar-refractivity contribution >= 4 is 28.5 Å². The minimum absolute atomic E-state index is 0.179. The van der Waals surface area contributed by atoms with Crippen molar-refractivity contribution in [2.45, 2.75) is 33.0 Å². The number of aromatic nitrogens is 3. The van der Waals surface area contributed by atoms with Gasteiger partial charge in [0.25, 0.3) is 5.56 Å². The molecule has 0 saturated carbocycles. The SMILES string of the molecule is Cc1cc(C(C)Nc2ccccc2C(=O)O)c2nc(N3Cc4ccccc4C3)n(-c3cccnc3)c(=O)c2c1. The number of rotatable bonds is 6. The van der Waals surface area contributed by atoms with Crippen molar-refractivity contribution in [3.05, 3.63) is 123 Å². The fourth-order valence-electron chi connectivity index (χ4n) is 5.30. The standard InChI is InChI=1S/C31H27N5O3/c1-19-14-25(20(2)33-27-12-6-5-11-24(27)30(38)39)28-26(15-19)29(37)36(23-10-7-13-32-16-23)31(34-28)35-17-21-8-3-4-9-22(21)18-35/h3-16,20,33H,17-18H2,1-2H3,(H,38,39). The van der Waals surface area contributed by atoms with Crippen LogP contribution in [0.2, 0.25) is 0 Å². The Morgan fingerprint density at radius 3 is 2.41 bits per heavy atom. The van der Waals surface area contributed by atoms with E-state index in [1.54, 1.807) is 41.2 Å². The van der Waals surface area contributed by atoms with Gasteiger partial charge in [-0.05, 0) is 60.9 Å². The van der Waals surface area contributed by atoms with Crippen LogP contribution in [0.25, 0.3) is 16.6 Å². The molecule has 8 heteroatoms. The maximum Gasteiger partial charge on any atom is 0.337 e. The van der Waals surface area contributed by atoms with E-state index in [0.29, 0.717) is 41.3 Å². The molecule has 3 heterocycles. The Hall–Kier alpha value is -4.98. The number of carbonyl (C=O) groups is 1. The van der Waals surface area contributed by atoms with Crippen molar-refractivity contribution in [1.29, 1.82) is 0 Å². The quantitative estimate of drug-likeness (QED) is 0.308. The largest absolute Gasteiger partial charge is 0.478 e. The predicted octanol–water partition coefficient (Wildman–Crippen LogP) is 5.48. The smallest absolute Gasteiger partial charge is 0.337 e. The van der Waals surface area contributed by atoms with E-state index in [1.165, 1.54) is 11.1 Å². The summed E-state index contributed by atoms with van der Waals surface area (Å²) in [6.45, 7) is 5.16. The van der Waals surface area contributed by atoms with E-state index in [1.807, 2.05) is 50.2 Å². The van der Waals surface area contributed by atoms with Gasteiger partial charge in [0.2, 0.25) is 5.95 Å². The maximum absolute atomic E-state index is 14.2. The minimum atomic E-state index is -1.01. The normalized spacial score (nSPS) is 13.3. The van der Waals surface area contributed by atoms with E-state index in [9.17, 15) is 14.7 Å². The summed E-state index contributed by atoms with van der Waals surface area (Å²) >= 11 is 0. The Bertz CT molecular complexity index is 1760. The molecule has 194 valence electrons. The Morgan fingerprint density at radius 2 is 1.72 bits per heavy atom. The Morgan fingerprint density at radius 1 is 1.00 bits per heavy atom. The monoisotopic (exact) mass is 517 g/mol. The molecular formula is C31H27N5O3. The van der Waals surface area contributed by atoms with Gasteiger partial charge in [-0.1, -0.05) is 42.5 Å². The van der Waals surface area contributed by atoms with Gasteiger partial charge in [-0.15, -0.1) is 0 Å². The maximum atomic E-state index is 14.2. The second kappa shape index (κ2) is 9.72. The van der Waals surface area contributed by atoms with E-state index < -0.39 is 5.97 Å². The number of aryl methyl sites for hydroxylation is 1. The molecule has 0 spiro atoms. The molecule has 1 atom stereocenters. The molecule has 8 nitrogen and oxygen atoms in total. The summed E-state index contributed by atoms with van der Waals surface area (Å²) in [5.74, 6) is -0.465. The van der Waals surface area contributed by atoms with Gasteiger partial charge in [0.05, 0.1) is 34.4 Å². The number of nitrogens with zero attached hydrogens (tertiary/aromatic N) is 4. The van der Waals surface area contributed by atoms with Crippen LogP contribution in [0.4, 0.5) is 11.6 Å². The minimum Gasteiger partial charge on any atom is -0.478 e.